The first-order chi connectivity index (χ1) is 9.04. The monoisotopic (exact) mass is 267 g/mol. The minimum Gasteiger partial charge on any atom is -0.468 e. The molecule has 0 aliphatic rings. The molecule has 19 heavy (non-hydrogen) atoms. The maximum absolute atomic E-state index is 11.6. The van der Waals surface area contributed by atoms with Gasteiger partial charge in [0.2, 0.25) is 0 Å². The topological polar surface area (TPSA) is 91.8 Å². The van der Waals surface area contributed by atoms with E-state index in [0.29, 0.717) is 0 Å². The molecule has 0 spiro atoms. The second kappa shape index (κ2) is 6.48. The van der Waals surface area contributed by atoms with Crippen LogP contribution in [-0.2, 0) is 23.8 Å². The number of hydrogen-bond donors (Lipinski definition) is 0. The van der Waals surface area contributed by atoms with Crippen molar-refractivity contribution in [3.8, 4) is 0 Å². The SMILES string of the molecule is COC(=O)c1cncc(C(C(=O)OC)C(=O)OC)c1. The van der Waals surface area contributed by atoms with Gasteiger partial charge in [0.25, 0.3) is 0 Å². The Kier molecular flexibility index (Phi) is 4.99. The zero-order valence-electron chi connectivity index (χ0n) is 10.7. The van der Waals surface area contributed by atoms with Crippen LogP contribution >= 0.6 is 0 Å². The van der Waals surface area contributed by atoms with Crippen molar-refractivity contribution in [1.82, 2.24) is 4.98 Å². The van der Waals surface area contributed by atoms with Crippen molar-refractivity contribution in [2.75, 3.05) is 21.3 Å². The molecule has 0 unspecified atom stereocenters. The predicted octanol–water partition coefficient (Wildman–Crippen LogP) is 0.298. The number of hydrogen-bond acceptors (Lipinski definition) is 7. The summed E-state index contributed by atoms with van der Waals surface area (Å²) >= 11 is 0. The first-order valence-electron chi connectivity index (χ1n) is 5.24. The normalized spacial score (nSPS) is 9.89. The summed E-state index contributed by atoms with van der Waals surface area (Å²) in [6.45, 7) is 0. The lowest BCUT2D eigenvalue weighted by Gasteiger charge is -2.12. The lowest BCUT2D eigenvalue weighted by Crippen LogP contribution is -2.24. The molecule has 0 amide bonds. The molecular weight excluding hydrogens is 254 g/mol. The molecule has 0 aromatic carbocycles. The van der Waals surface area contributed by atoms with E-state index in [1.807, 2.05) is 0 Å². The van der Waals surface area contributed by atoms with E-state index in [1.165, 1.54) is 25.6 Å². The van der Waals surface area contributed by atoms with Gasteiger partial charge in [0.1, 0.15) is 0 Å². The maximum Gasteiger partial charge on any atom is 0.339 e. The average Bonchev–Trinajstić information content (AvgIpc) is 2.46. The van der Waals surface area contributed by atoms with Crippen molar-refractivity contribution in [1.29, 1.82) is 0 Å². The van der Waals surface area contributed by atoms with Gasteiger partial charge >= 0.3 is 17.9 Å². The number of esters is 3. The summed E-state index contributed by atoms with van der Waals surface area (Å²) in [5.41, 5.74) is 0.319. The Morgan fingerprint density at radius 3 is 2.05 bits per heavy atom. The molecule has 1 aromatic heterocycles. The van der Waals surface area contributed by atoms with Gasteiger partial charge in [-0.25, -0.2) is 4.79 Å². The number of rotatable bonds is 4. The van der Waals surface area contributed by atoms with Gasteiger partial charge in [0.05, 0.1) is 26.9 Å². The third kappa shape index (κ3) is 3.27. The van der Waals surface area contributed by atoms with Gasteiger partial charge in [0.15, 0.2) is 5.92 Å². The summed E-state index contributed by atoms with van der Waals surface area (Å²) in [6, 6.07) is 1.33. The summed E-state index contributed by atoms with van der Waals surface area (Å²) in [6.07, 6.45) is 2.55. The summed E-state index contributed by atoms with van der Waals surface area (Å²) in [5.74, 6) is -3.50. The van der Waals surface area contributed by atoms with Crippen LogP contribution in [0, 0.1) is 0 Å². The van der Waals surface area contributed by atoms with E-state index in [4.69, 9.17) is 0 Å². The molecule has 0 saturated heterocycles. The van der Waals surface area contributed by atoms with Crippen LogP contribution in [0.2, 0.25) is 0 Å². The fourth-order valence-electron chi connectivity index (χ4n) is 1.45. The number of ether oxygens (including phenoxy) is 3. The van der Waals surface area contributed by atoms with Crippen LogP contribution < -0.4 is 0 Å². The molecule has 102 valence electrons. The number of methoxy groups -OCH3 is 3. The average molecular weight is 267 g/mol. The molecule has 1 aromatic rings. The van der Waals surface area contributed by atoms with Crippen molar-refractivity contribution in [2.45, 2.75) is 5.92 Å². The highest BCUT2D eigenvalue weighted by atomic mass is 16.5. The number of pyridine rings is 1. The molecule has 0 bridgehead atoms. The van der Waals surface area contributed by atoms with Crippen molar-refractivity contribution in [3.05, 3.63) is 29.6 Å². The molecule has 0 atom stereocenters. The van der Waals surface area contributed by atoms with Crippen LogP contribution in [0.3, 0.4) is 0 Å². The first kappa shape index (κ1) is 14.6. The Labute approximate surface area is 109 Å². The molecule has 0 saturated carbocycles. The molecule has 0 fully saturated rings. The summed E-state index contributed by atoms with van der Waals surface area (Å²) in [7, 11) is 3.51. The van der Waals surface area contributed by atoms with Crippen molar-refractivity contribution in [2.24, 2.45) is 0 Å². The van der Waals surface area contributed by atoms with Crippen LogP contribution in [0.15, 0.2) is 18.5 Å². The third-order valence-electron chi connectivity index (χ3n) is 2.39. The van der Waals surface area contributed by atoms with Crippen LogP contribution in [0.25, 0.3) is 0 Å². The summed E-state index contributed by atoms with van der Waals surface area (Å²) in [4.78, 5) is 38.4. The van der Waals surface area contributed by atoms with Crippen molar-refractivity contribution >= 4 is 17.9 Å². The van der Waals surface area contributed by atoms with E-state index in [2.05, 4.69) is 19.2 Å². The van der Waals surface area contributed by atoms with E-state index in [1.54, 1.807) is 0 Å². The fraction of sp³-hybridized carbons (Fsp3) is 0.333. The molecule has 7 nitrogen and oxygen atoms in total. The number of carbonyl (C=O) groups is 3. The van der Waals surface area contributed by atoms with Gasteiger partial charge in [-0.1, -0.05) is 0 Å². The van der Waals surface area contributed by atoms with Gasteiger partial charge < -0.3 is 14.2 Å². The maximum atomic E-state index is 11.6. The van der Waals surface area contributed by atoms with Gasteiger partial charge in [-0.15, -0.1) is 0 Å². The highest BCUT2D eigenvalue weighted by molar-refractivity contribution is 6.01. The minimum atomic E-state index is -1.29. The minimum absolute atomic E-state index is 0.123. The van der Waals surface area contributed by atoms with E-state index < -0.39 is 23.8 Å². The Bertz CT molecular complexity index is 483. The second-order valence-electron chi connectivity index (χ2n) is 3.48. The third-order valence-corrected chi connectivity index (χ3v) is 2.39. The Hall–Kier alpha value is -2.44. The van der Waals surface area contributed by atoms with Crippen LogP contribution in [0.1, 0.15) is 21.8 Å². The van der Waals surface area contributed by atoms with E-state index in [9.17, 15) is 14.4 Å². The van der Waals surface area contributed by atoms with Gasteiger partial charge in [-0.3, -0.25) is 14.6 Å². The van der Waals surface area contributed by atoms with Gasteiger partial charge in [0, 0.05) is 12.4 Å². The number of aromatic nitrogens is 1. The molecule has 0 aliphatic carbocycles. The van der Waals surface area contributed by atoms with E-state index in [-0.39, 0.29) is 11.1 Å². The van der Waals surface area contributed by atoms with Crippen LogP contribution in [0.5, 0.6) is 0 Å². The number of nitrogens with zero attached hydrogens (tertiary/aromatic N) is 1. The van der Waals surface area contributed by atoms with Crippen LogP contribution in [0.4, 0.5) is 0 Å². The molecule has 0 radical (unpaired) electrons. The highest BCUT2D eigenvalue weighted by Crippen LogP contribution is 2.19. The lowest BCUT2D eigenvalue weighted by atomic mass is 10.00. The van der Waals surface area contributed by atoms with Crippen molar-refractivity contribution < 1.29 is 28.6 Å². The largest absolute Gasteiger partial charge is 0.468 e. The molecule has 0 N–H and O–H groups in total. The predicted molar refractivity (Wildman–Crippen MR) is 62.3 cm³/mol. The molecule has 7 heteroatoms. The Balaban J connectivity index is 3.19. The Morgan fingerprint density at radius 1 is 1.00 bits per heavy atom. The zero-order chi connectivity index (χ0) is 14.4. The van der Waals surface area contributed by atoms with Crippen molar-refractivity contribution in [3.63, 3.8) is 0 Å². The summed E-state index contributed by atoms with van der Waals surface area (Å²) < 4.78 is 13.6. The van der Waals surface area contributed by atoms with E-state index >= 15 is 0 Å². The number of carbonyl (C=O) groups excluding carboxylic acids is 3. The highest BCUT2D eigenvalue weighted by Gasteiger charge is 2.31. The smallest absolute Gasteiger partial charge is 0.339 e. The fourth-order valence-corrected chi connectivity index (χ4v) is 1.45. The molecule has 1 heterocycles. The Morgan fingerprint density at radius 2 is 1.58 bits per heavy atom. The van der Waals surface area contributed by atoms with Gasteiger partial charge in [-0.05, 0) is 11.6 Å². The van der Waals surface area contributed by atoms with Crippen LogP contribution in [-0.4, -0.2) is 44.2 Å². The van der Waals surface area contributed by atoms with E-state index in [0.717, 1.165) is 14.2 Å². The standard InChI is InChI=1S/C12H13NO6/c1-17-10(14)8-4-7(5-13-6-8)9(11(15)18-2)12(16)19-3/h4-6,9H,1-3H3. The quantitative estimate of drug-likeness (QED) is 0.440. The lowest BCUT2D eigenvalue weighted by molar-refractivity contribution is -0.154. The molecular formula is C12H13NO6. The summed E-state index contributed by atoms with van der Waals surface area (Å²) in [5, 5.41) is 0. The van der Waals surface area contributed by atoms with Gasteiger partial charge in [-0.2, -0.15) is 0 Å². The second-order valence-corrected chi connectivity index (χ2v) is 3.48. The molecule has 1 rings (SSSR count). The molecule has 0 aliphatic heterocycles. The zero-order valence-corrected chi connectivity index (χ0v) is 10.7. The first-order valence-corrected chi connectivity index (χ1v) is 5.24.